The SMILES string of the molecule is CC(CCl)CS(=O)(=O)N(C)Cc1ccccc1Br. The van der Waals surface area contributed by atoms with Gasteiger partial charge in [0.05, 0.1) is 5.75 Å². The Hall–Kier alpha value is -0.100. The maximum absolute atomic E-state index is 12.1. The number of rotatable bonds is 6. The number of hydrogen-bond acceptors (Lipinski definition) is 2. The number of sulfonamides is 1. The number of benzene rings is 1. The summed E-state index contributed by atoms with van der Waals surface area (Å²) < 4.78 is 26.4. The van der Waals surface area contributed by atoms with Gasteiger partial charge in [-0.05, 0) is 17.5 Å². The average Bonchev–Trinajstić information content (AvgIpc) is 2.31. The maximum atomic E-state index is 12.1. The van der Waals surface area contributed by atoms with Crippen LogP contribution in [0, 0.1) is 5.92 Å². The summed E-state index contributed by atoms with van der Waals surface area (Å²) in [5.41, 5.74) is 0.946. The van der Waals surface area contributed by atoms with E-state index in [2.05, 4.69) is 15.9 Å². The van der Waals surface area contributed by atoms with Crippen LogP contribution in [0.5, 0.6) is 0 Å². The zero-order chi connectivity index (χ0) is 13.8. The van der Waals surface area contributed by atoms with Crippen LogP contribution in [0.4, 0.5) is 0 Å². The Morgan fingerprint density at radius 3 is 2.56 bits per heavy atom. The van der Waals surface area contributed by atoms with Crippen LogP contribution < -0.4 is 0 Å². The lowest BCUT2D eigenvalue weighted by Gasteiger charge is -2.19. The molecule has 1 rings (SSSR count). The molecule has 0 heterocycles. The van der Waals surface area contributed by atoms with Gasteiger partial charge >= 0.3 is 0 Å². The molecule has 0 amide bonds. The van der Waals surface area contributed by atoms with Gasteiger partial charge in [0.15, 0.2) is 0 Å². The van der Waals surface area contributed by atoms with Crippen LogP contribution in [-0.2, 0) is 16.6 Å². The van der Waals surface area contributed by atoms with Crippen LogP contribution in [0.3, 0.4) is 0 Å². The molecule has 6 heteroatoms. The summed E-state index contributed by atoms with van der Waals surface area (Å²) in [6, 6.07) is 7.60. The van der Waals surface area contributed by atoms with E-state index in [9.17, 15) is 8.42 Å². The molecule has 0 fully saturated rings. The number of alkyl halides is 1. The van der Waals surface area contributed by atoms with Gasteiger partial charge in [-0.1, -0.05) is 41.1 Å². The van der Waals surface area contributed by atoms with Gasteiger partial charge in [0.1, 0.15) is 0 Å². The van der Waals surface area contributed by atoms with Crippen molar-refractivity contribution in [2.75, 3.05) is 18.7 Å². The molecular formula is C12H17BrClNO2S. The fourth-order valence-electron chi connectivity index (χ4n) is 1.50. The van der Waals surface area contributed by atoms with E-state index in [1.807, 2.05) is 31.2 Å². The number of nitrogens with zero attached hydrogens (tertiary/aromatic N) is 1. The summed E-state index contributed by atoms with van der Waals surface area (Å²) in [6.07, 6.45) is 0. The molecule has 1 aromatic carbocycles. The van der Waals surface area contributed by atoms with E-state index in [1.165, 1.54) is 4.31 Å². The maximum Gasteiger partial charge on any atom is 0.214 e. The summed E-state index contributed by atoms with van der Waals surface area (Å²) in [4.78, 5) is 0. The largest absolute Gasteiger partial charge is 0.214 e. The second-order valence-corrected chi connectivity index (χ2v) is 7.67. The van der Waals surface area contributed by atoms with E-state index in [1.54, 1.807) is 7.05 Å². The number of hydrogen-bond donors (Lipinski definition) is 0. The molecule has 0 spiro atoms. The molecule has 0 radical (unpaired) electrons. The van der Waals surface area contributed by atoms with E-state index >= 15 is 0 Å². The first-order valence-corrected chi connectivity index (χ1v) is 8.54. The normalized spacial score (nSPS) is 13.8. The van der Waals surface area contributed by atoms with Crippen molar-refractivity contribution in [3.8, 4) is 0 Å². The van der Waals surface area contributed by atoms with Gasteiger partial charge in [-0.3, -0.25) is 0 Å². The molecule has 1 aromatic rings. The van der Waals surface area contributed by atoms with E-state index in [0.717, 1.165) is 10.0 Å². The number of halogens is 2. The van der Waals surface area contributed by atoms with Gasteiger partial charge < -0.3 is 0 Å². The monoisotopic (exact) mass is 353 g/mol. The highest BCUT2D eigenvalue weighted by molar-refractivity contribution is 9.10. The van der Waals surface area contributed by atoms with Crippen molar-refractivity contribution in [1.82, 2.24) is 4.31 Å². The van der Waals surface area contributed by atoms with Crippen LogP contribution in [0.25, 0.3) is 0 Å². The quantitative estimate of drug-likeness (QED) is 0.736. The molecule has 0 saturated carbocycles. The molecule has 0 aliphatic rings. The second kappa shape index (κ2) is 6.89. The highest BCUT2D eigenvalue weighted by Crippen LogP contribution is 2.19. The van der Waals surface area contributed by atoms with Crippen molar-refractivity contribution < 1.29 is 8.42 Å². The molecule has 102 valence electrons. The first-order valence-electron chi connectivity index (χ1n) is 5.60. The molecule has 18 heavy (non-hydrogen) atoms. The Morgan fingerprint density at radius 2 is 2.00 bits per heavy atom. The Kier molecular flexibility index (Phi) is 6.11. The van der Waals surface area contributed by atoms with E-state index in [-0.39, 0.29) is 11.7 Å². The molecule has 0 aliphatic carbocycles. The predicted octanol–water partition coefficient (Wildman–Crippen LogP) is 3.09. The Morgan fingerprint density at radius 1 is 1.39 bits per heavy atom. The van der Waals surface area contributed by atoms with Gasteiger partial charge in [0, 0.05) is 23.9 Å². The van der Waals surface area contributed by atoms with Gasteiger partial charge in [0.2, 0.25) is 10.0 Å². The molecule has 0 saturated heterocycles. The summed E-state index contributed by atoms with van der Waals surface area (Å²) >= 11 is 9.07. The van der Waals surface area contributed by atoms with E-state index < -0.39 is 10.0 Å². The third kappa shape index (κ3) is 4.53. The van der Waals surface area contributed by atoms with E-state index in [0.29, 0.717) is 12.4 Å². The molecule has 0 N–H and O–H groups in total. The molecule has 3 nitrogen and oxygen atoms in total. The van der Waals surface area contributed by atoms with Gasteiger partial charge in [-0.15, -0.1) is 11.6 Å². The van der Waals surface area contributed by atoms with Gasteiger partial charge in [-0.2, -0.15) is 0 Å². The van der Waals surface area contributed by atoms with Gasteiger partial charge in [0.25, 0.3) is 0 Å². The molecule has 0 aromatic heterocycles. The third-order valence-electron chi connectivity index (χ3n) is 2.58. The van der Waals surface area contributed by atoms with Crippen molar-refractivity contribution >= 4 is 37.6 Å². The lowest BCUT2D eigenvalue weighted by molar-refractivity contribution is 0.459. The predicted molar refractivity (Wildman–Crippen MR) is 79.3 cm³/mol. The van der Waals surface area contributed by atoms with Crippen molar-refractivity contribution in [3.63, 3.8) is 0 Å². The fraction of sp³-hybridized carbons (Fsp3) is 0.500. The van der Waals surface area contributed by atoms with Crippen LogP contribution in [0.1, 0.15) is 12.5 Å². The van der Waals surface area contributed by atoms with Crippen molar-refractivity contribution in [3.05, 3.63) is 34.3 Å². The van der Waals surface area contributed by atoms with Crippen LogP contribution in [0.15, 0.2) is 28.7 Å². The minimum atomic E-state index is -3.26. The van der Waals surface area contributed by atoms with Crippen LogP contribution in [-0.4, -0.2) is 31.4 Å². The zero-order valence-corrected chi connectivity index (χ0v) is 13.6. The summed E-state index contributed by atoms with van der Waals surface area (Å²) in [5.74, 6) is 0.387. The fourth-order valence-corrected chi connectivity index (χ4v) is 3.57. The van der Waals surface area contributed by atoms with Gasteiger partial charge in [-0.25, -0.2) is 12.7 Å². The lowest BCUT2D eigenvalue weighted by atomic mass is 10.2. The summed E-state index contributed by atoms with van der Waals surface area (Å²) in [5, 5.41) is 0. The summed E-state index contributed by atoms with van der Waals surface area (Å²) in [7, 11) is -1.67. The average molecular weight is 355 g/mol. The molecule has 0 aliphatic heterocycles. The topological polar surface area (TPSA) is 37.4 Å². The van der Waals surface area contributed by atoms with Crippen molar-refractivity contribution in [1.29, 1.82) is 0 Å². The second-order valence-electron chi connectivity index (χ2n) is 4.39. The lowest BCUT2D eigenvalue weighted by Crippen LogP contribution is -2.31. The first kappa shape index (κ1) is 16.0. The summed E-state index contributed by atoms with van der Waals surface area (Å²) in [6.45, 7) is 2.19. The minimum Gasteiger partial charge on any atom is -0.212 e. The zero-order valence-electron chi connectivity index (χ0n) is 10.4. The van der Waals surface area contributed by atoms with Crippen LogP contribution >= 0.6 is 27.5 Å². The smallest absolute Gasteiger partial charge is 0.212 e. The molecule has 1 atom stereocenters. The Labute approximate surface area is 122 Å². The highest BCUT2D eigenvalue weighted by atomic mass is 79.9. The molecule has 0 bridgehead atoms. The van der Waals surface area contributed by atoms with Crippen LogP contribution in [0.2, 0.25) is 0 Å². The first-order chi connectivity index (χ1) is 8.36. The molecule has 1 unspecified atom stereocenters. The molecular weight excluding hydrogens is 338 g/mol. The highest BCUT2D eigenvalue weighted by Gasteiger charge is 2.21. The van der Waals surface area contributed by atoms with Crippen molar-refractivity contribution in [2.45, 2.75) is 13.5 Å². The minimum absolute atomic E-state index is 0.0432. The van der Waals surface area contributed by atoms with E-state index in [4.69, 9.17) is 11.6 Å². The standard InChI is InChI=1S/C12H17BrClNO2S/c1-10(7-14)9-18(16,17)15(2)8-11-5-3-4-6-12(11)13/h3-6,10H,7-9H2,1-2H3. The Bertz CT molecular complexity index is 493. The third-order valence-corrected chi connectivity index (χ3v) is 5.95. The Balaban J connectivity index is 2.76. The van der Waals surface area contributed by atoms with Crippen molar-refractivity contribution in [2.24, 2.45) is 5.92 Å².